The summed E-state index contributed by atoms with van der Waals surface area (Å²) in [6, 6.07) is 18.3. The summed E-state index contributed by atoms with van der Waals surface area (Å²) in [4.78, 5) is 17.2. The van der Waals surface area contributed by atoms with Gasteiger partial charge in [-0.1, -0.05) is 59.8 Å². The molecule has 144 valence electrons. The Balaban J connectivity index is 1.42. The Kier molecular flexibility index (Phi) is 5.48. The van der Waals surface area contributed by atoms with Crippen LogP contribution in [0.1, 0.15) is 42.6 Å². The second-order valence-electron chi connectivity index (χ2n) is 7.24. The van der Waals surface area contributed by atoms with E-state index in [0.29, 0.717) is 17.6 Å². The molecule has 1 heterocycles. The van der Waals surface area contributed by atoms with Gasteiger partial charge in [0.05, 0.1) is 10.9 Å². The van der Waals surface area contributed by atoms with Crippen molar-refractivity contribution in [1.29, 1.82) is 0 Å². The Bertz CT molecular complexity index is 948. The van der Waals surface area contributed by atoms with Gasteiger partial charge in [-0.15, -0.1) is 5.10 Å². The van der Waals surface area contributed by atoms with Crippen molar-refractivity contribution in [2.24, 2.45) is 0 Å². The van der Waals surface area contributed by atoms with E-state index in [1.165, 1.54) is 17.3 Å². The standard InChI is InChI=1S/C22H24N4OS/c1-15-8-10-17(11-9-15)14-23-21(27)16(2)28-22-24-20(18-12-13-18)26(25-22)19-6-4-3-5-7-19/h3-11,16,18H,12-14H2,1-2H3,(H,23,27)/t16-/m0/s1. The molecule has 1 amide bonds. The van der Waals surface area contributed by atoms with Crippen LogP contribution in [0.25, 0.3) is 5.69 Å². The quantitative estimate of drug-likeness (QED) is 0.611. The zero-order valence-electron chi connectivity index (χ0n) is 16.1. The molecule has 1 saturated carbocycles. The Morgan fingerprint density at radius 2 is 1.89 bits per heavy atom. The lowest BCUT2D eigenvalue weighted by molar-refractivity contribution is -0.120. The highest BCUT2D eigenvalue weighted by molar-refractivity contribution is 8.00. The van der Waals surface area contributed by atoms with E-state index in [9.17, 15) is 4.79 Å². The summed E-state index contributed by atoms with van der Waals surface area (Å²) in [6.45, 7) is 4.48. The second-order valence-corrected chi connectivity index (χ2v) is 8.55. The summed E-state index contributed by atoms with van der Waals surface area (Å²) in [6.07, 6.45) is 2.31. The molecule has 0 unspecified atom stereocenters. The predicted molar refractivity (Wildman–Crippen MR) is 112 cm³/mol. The molecule has 1 aromatic heterocycles. The fourth-order valence-corrected chi connectivity index (χ4v) is 3.75. The van der Waals surface area contributed by atoms with Crippen molar-refractivity contribution in [2.45, 2.75) is 49.6 Å². The molecular weight excluding hydrogens is 368 g/mol. The maximum atomic E-state index is 12.5. The van der Waals surface area contributed by atoms with Crippen molar-refractivity contribution in [3.8, 4) is 5.69 Å². The minimum atomic E-state index is -0.260. The second kappa shape index (κ2) is 8.19. The molecule has 5 nitrogen and oxygen atoms in total. The smallest absolute Gasteiger partial charge is 0.233 e. The van der Waals surface area contributed by atoms with Gasteiger partial charge < -0.3 is 5.32 Å². The fourth-order valence-electron chi connectivity index (χ4n) is 2.97. The van der Waals surface area contributed by atoms with Crippen molar-refractivity contribution in [3.63, 3.8) is 0 Å². The normalized spacial score (nSPS) is 14.6. The lowest BCUT2D eigenvalue weighted by atomic mass is 10.1. The van der Waals surface area contributed by atoms with Crippen LogP contribution in [0.2, 0.25) is 0 Å². The van der Waals surface area contributed by atoms with Crippen molar-refractivity contribution < 1.29 is 4.79 Å². The Hall–Kier alpha value is -2.60. The molecule has 6 heteroatoms. The highest BCUT2D eigenvalue weighted by atomic mass is 32.2. The van der Waals surface area contributed by atoms with E-state index >= 15 is 0 Å². The number of carbonyl (C=O) groups is 1. The number of nitrogens with one attached hydrogen (secondary N) is 1. The number of hydrogen-bond acceptors (Lipinski definition) is 4. The van der Waals surface area contributed by atoms with Gasteiger partial charge in [0.2, 0.25) is 11.1 Å². The summed E-state index contributed by atoms with van der Waals surface area (Å²) < 4.78 is 1.93. The molecule has 1 N–H and O–H groups in total. The van der Waals surface area contributed by atoms with Crippen LogP contribution in [0.15, 0.2) is 59.8 Å². The number of para-hydroxylation sites is 1. The topological polar surface area (TPSA) is 59.8 Å². The monoisotopic (exact) mass is 392 g/mol. The van der Waals surface area contributed by atoms with Gasteiger partial charge in [0.15, 0.2) is 0 Å². The first-order chi connectivity index (χ1) is 13.6. The van der Waals surface area contributed by atoms with Crippen LogP contribution in [0.4, 0.5) is 0 Å². The molecule has 3 aromatic rings. The van der Waals surface area contributed by atoms with Gasteiger partial charge in [0.1, 0.15) is 5.82 Å². The summed E-state index contributed by atoms with van der Waals surface area (Å²) in [5.41, 5.74) is 3.32. The predicted octanol–water partition coefficient (Wildman–Crippen LogP) is 4.25. The first kappa shape index (κ1) is 18.7. The van der Waals surface area contributed by atoms with E-state index < -0.39 is 0 Å². The van der Waals surface area contributed by atoms with Crippen LogP contribution >= 0.6 is 11.8 Å². The van der Waals surface area contributed by atoms with Crippen LogP contribution in [0, 0.1) is 6.92 Å². The van der Waals surface area contributed by atoms with Gasteiger partial charge in [-0.05, 0) is 44.4 Å². The van der Waals surface area contributed by atoms with E-state index in [4.69, 9.17) is 4.98 Å². The first-order valence-corrected chi connectivity index (χ1v) is 10.5. The van der Waals surface area contributed by atoms with Gasteiger partial charge in [-0.25, -0.2) is 9.67 Å². The van der Waals surface area contributed by atoms with Crippen LogP contribution < -0.4 is 5.32 Å². The summed E-state index contributed by atoms with van der Waals surface area (Å²) in [5, 5.41) is 8.08. The molecule has 4 rings (SSSR count). The maximum absolute atomic E-state index is 12.5. The van der Waals surface area contributed by atoms with E-state index in [-0.39, 0.29) is 11.2 Å². The molecule has 0 radical (unpaired) electrons. The molecule has 1 aliphatic carbocycles. The van der Waals surface area contributed by atoms with Crippen molar-refractivity contribution in [3.05, 3.63) is 71.5 Å². The van der Waals surface area contributed by atoms with Gasteiger partial charge in [-0.3, -0.25) is 4.79 Å². The minimum Gasteiger partial charge on any atom is -0.351 e. The molecular formula is C22H24N4OS. The third-order valence-electron chi connectivity index (χ3n) is 4.79. The largest absolute Gasteiger partial charge is 0.351 e. The van der Waals surface area contributed by atoms with Crippen molar-refractivity contribution >= 4 is 17.7 Å². The highest BCUT2D eigenvalue weighted by Crippen LogP contribution is 2.40. The van der Waals surface area contributed by atoms with E-state index in [1.54, 1.807) is 0 Å². The number of carbonyl (C=O) groups excluding carboxylic acids is 1. The van der Waals surface area contributed by atoms with Gasteiger partial charge in [-0.2, -0.15) is 0 Å². The number of amides is 1. The van der Waals surface area contributed by atoms with Crippen LogP contribution in [-0.2, 0) is 11.3 Å². The molecule has 2 aromatic carbocycles. The Morgan fingerprint density at radius 1 is 1.18 bits per heavy atom. The van der Waals surface area contributed by atoms with E-state index in [0.717, 1.165) is 29.9 Å². The summed E-state index contributed by atoms with van der Waals surface area (Å²) >= 11 is 1.41. The first-order valence-electron chi connectivity index (χ1n) is 9.62. The number of aryl methyl sites for hydroxylation is 1. The van der Waals surface area contributed by atoms with Gasteiger partial charge in [0, 0.05) is 12.5 Å². The van der Waals surface area contributed by atoms with Gasteiger partial charge in [0.25, 0.3) is 0 Å². The lowest BCUT2D eigenvalue weighted by Gasteiger charge is -2.10. The molecule has 1 atom stereocenters. The van der Waals surface area contributed by atoms with Gasteiger partial charge >= 0.3 is 0 Å². The number of rotatable bonds is 7. The molecule has 0 aliphatic heterocycles. The summed E-state index contributed by atoms with van der Waals surface area (Å²) in [5.74, 6) is 1.48. The highest BCUT2D eigenvalue weighted by Gasteiger charge is 2.31. The molecule has 0 spiro atoms. The molecule has 0 saturated heterocycles. The maximum Gasteiger partial charge on any atom is 0.233 e. The van der Waals surface area contributed by atoms with Crippen LogP contribution in [-0.4, -0.2) is 25.9 Å². The molecule has 1 fully saturated rings. The number of aromatic nitrogens is 3. The number of thioether (sulfide) groups is 1. The van der Waals surface area contributed by atoms with E-state index in [1.807, 2.05) is 54.1 Å². The van der Waals surface area contributed by atoms with E-state index in [2.05, 4.69) is 29.5 Å². The zero-order valence-corrected chi connectivity index (χ0v) is 16.9. The van der Waals surface area contributed by atoms with Crippen molar-refractivity contribution in [1.82, 2.24) is 20.1 Å². The Morgan fingerprint density at radius 3 is 2.57 bits per heavy atom. The number of hydrogen-bond donors (Lipinski definition) is 1. The number of nitrogens with zero attached hydrogens (tertiary/aromatic N) is 3. The fraction of sp³-hybridized carbons (Fsp3) is 0.318. The van der Waals surface area contributed by atoms with Crippen LogP contribution in [0.5, 0.6) is 0 Å². The minimum absolute atomic E-state index is 0.00499. The third-order valence-corrected chi connectivity index (χ3v) is 5.75. The summed E-state index contributed by atoms with van der Waals surface area (Å²) in [7, 11) is 0. The Labute approximate surface area is 169 Å². The molecule has 0 bridgehead atoms. The zero-order chi connectivity index (χ0) is 19.5. The molecule has 28 heavy (non-hydrogen) atoms. The third kappa shape index (κ3) is 4.44. The van der Waals surface area contributed by atoms with Crippen LogP contribution in [0.3, 0.4) is 0 Å². The number of benzene rings is 2. The molecule has 1 aliphatic rings. The SMILES string of the molecule is Cc1ccc(CNC(=O)[C@H](C)Sc2nc(C3CC3)n(-c3ccccc3)n2)cc1. The van der Waals surface area contributed by atoms with Crippen molar-refractivity contribution in [2.75, 3.05) is 0 Å². The lowest BCUT2D eigenvalue weighted by Crippen LogP contribution is -2.30. The average Bonchev–Trinajstić information content (AvgIpc) is 3.48. The average molecular weight is 393 g/mol.